The van der Waals surface area contributed by atoms with Crippen LogP contribution in [0, 0.1) is 0 Å². The van der Waals surface area contributed by atoms with E-state index in [2.05, 4.69) is 4.98 Å². The van der Waals surface area contributed by atoms with Gasteiger partial charge >= 0.3 is 0 Å². The van der Waals surface area contributed by atoms with Crippen molar-refractivity contribution in [2.75, 3.05) is 14.2 Å². The van der Waals surface area contributed by atoms with Gasteiger partial charge in [-0.2, -0.15) is 0 Å². The zero-order valence-corrected chi connectivity index (χ0v) is 13.0. The molecule has 2 aromatic carbocycles. The molecule has 23 heavy (non-hydrogen) atoms. The molecule has 0 bridgehead atoms. The van der Waals surface area contributed by atoms with E-state index in [9.17, 15) is 4.79 Å². The monoisotopic (exact) mass is 307 g/mol. The van der Waals surface area contributed by atoms with Crippen LogP contribution in [0.1, 0.15) is 0 Å². The summed E-state index contributed by atoms with van der Waals surface area (Å²) in [5.74, 6) is 1.54. The van der Waals surface area contributed by atoms with Gasteiger partial charge in [-0.15, -0.1) is 0 Å². The average molecular weight is 307 g/mol. The van der Waals surface area contributed by atoms with Crippen LogP contribution >= 0.6 is 0 Å². The highest BCUT2D eigenvalue weighted by molar-refractivity contribution is 5.82. The van der Waals surface area contributed by atoms with E-state index in [1.807, 2.05) is 54.6 Å². The van der Waals surface area contributed by atoms with Crippen molar-refractivity contribution in [1.29, 1.82) is 0 Å². The van der Waals surface area contributed by atoms with E-state index in [0.29, 0.717) is 5.56 Å². The van der Waals surface area contributed by atoms with Gasteiger partial charge < -0.3 is 14.5 Å². The average Bonchev–Trinajstić information content (AvgIpc) is 2.62. The van der Waals surface area contributed by atoms with Crippen LogP contribution in [0.3, 0.4) is 0 Å². The topological polar surface area (TPSA) is 51.3 Å². The van der Waals surface area contributed by atoms with Gasteiger partial charge in [-0.1, -0.05) is 24.3 Å². The van der Waals surface area contributed by atoms with Gasteiger partial charge in [-0.05, 0) is 47.0 Å². The number of H-pyrrole nitrogens is 1. The Hall–Kier alpha value is -3.01. The van der Waals surface area contributed by atoms with Crippen LogP contribution in [0.5, 0.6) is 11.5 Å². The molecule has 0 radical (unpaired) electrons. The lowest BCUT2D eigenvalue weighted by Gasteiger charge is -2.10. The molecule has 0 unspecified atom stereocenters. The molecule has 1 N–H and O–H groups in total. The second-order valence-electron chi connectivity index (χ2n) is 5.05. The summed E-state index contributed by atoms with van der Waals surface area (Å²) in [6.07, 6.45) is 1.66. The number of nitrogens with one attached hydrogen (secondary N) is 1. The Balaban J connectivity index is 2.14. The van der Waals surface area contributed by atoms with Gasteiger partial charge in [0, 0.05) is 6.20 Å². The fourth-order valence-corrected chi connectivity index (χ4v) is 2.53. The van der Waals surface area contributed by atoms with Gasteiger partial charge in [-0.3, -0.25) is 4.79 Å². The first-order valence-electron chi connectivity index (χ1n) is 7.23. The van der Waals surface area contributed by atoms with E-state index in [0.717, 1.165) is 28.2 Å². The number of aromatic amines is 1. The van der Waals surface area contributed by atoms with Crippen molar-refractivity contribution in [3.63, 3.8) is 0 Å². The lowest BCUT2D eigenvalue weighted by molar-refractivity contribution is 0.414. The standard InChI is InChI=1S/C19H17NO3/c1-22-15-7-3-13(4-8-15)17-11-12-20-19(21)18(17)14-5-9-16(23-2)10-6-14/h3-12H,1-2H3,(H,20,21). The van der Waals surface area contributed by atoms with Crippen molar-refractivity contribution >= 4 is 0 Å². The SMILES string of the molecule is COc1ccc(-c2cc[nH]c(=O)c2-c2ccc(OC)cc2)cc1. The van der Waals surface area contributed by atoms with Crippen LogP contribution in [-0.2, 0) is 0 Å². The summed E-state index contributed by atoms with van der Waals surface area (Å²) in [5.41, 5.74) is 3.20. The summed E-state index contributed by atoms with van der Waals surface area (Å²) in [6, 6.07) is 17.0. The van der Waals surface area contributed by atoms with E-state index >= 15 is 0 Å². The highest BCUT2D eigenvalue weighted by atomic mass is 16.5. The first kappa shape index (κ1) is 14.9. The molecule has 3 rings (SSSR count). The zero-order chi connectivity index (χ0) is 16.2. The summed E-state index contributed by atoms with van der Waals surface area (Å²) < 4.78 is 10.4. The maximum Gasteiger partial charge on any atom is 0.256 e. The summed E-state index contributed by atoms with van der Waals surface area (Å²) in [7, 11) is 3.25. The van der Waals surface area contributed by atoms with E-state index in [1.165, 1.54) is 0 Å². The smallest absolute Gasteiger partial charge is 0.256 e. The molecule has 0 saturated heterocycles. The molecule has 4 heteroatoms. The molecular formula is C19H17NO3. The molecule has 1 aromatic heterocycles. The zero-order valence-electron chi connectivity index (χ0n) is 13.0. The number of ether oxygens (including phenoxy) is 2. The second-order valence-corrected chi connectivity index (χ2v) is 5.05. The lowest BCUT2D eigenvalue weighted by Crippen LogP contribution is -2.09. The number of aromatic nitrogens is 1. The molecule has 4 nitrogen and oxygen atoms in total. The molecule has 0 amide bonds. The summed E-state index contributed by atoms with van der Waals surface area (Å²) in [5, 5.41) is 0. The maximum atomic E-state index is 12.4. The molecule has 0 saturated carbocycles. The first-order chi connectivity index (χ1) is 11.2. The van der Waals surface area contributed by atoms with Crippen molar-refractivity contribution in [3.8, 4) is 33.8 Å². The summed E-state index contributed by atoms with van der Waals surface area (Å²) in [6.45, 7) is 0. The third-order valence-corrected chi connectivity index (χ3v) is 3.74. The van der Waals surface area contributed by atoms with Crippen molar-refractivity contribution in [3.05, 3.63) is 71.1 Å². The van der Waals surface area contributed by atoms with Crippen LogP contribution in [-0.4, -0.2) is 19.2 Å². The molecular weight excluding hydrogens is 290 g/mol. The summed E-state index contributed by atoms with van der Waals surface area (Å²) in [4.78, 5) is 15.1. The fraction of sp³-hybridized carbons (Fsp3) is 0.105. The van der Waals surface area contributed by atoms with E-state index < -0.39 is 0 Å². The molecule has 0 aliphatic carbocycles. The molecule has 0 atom stereocenters. The lowest BCUT2D eigenvalue weighted by atomic mass is 9.96. The minimum atomic E-state index is -0.122. The van der Waals surface area contributed by atoms with Crippen LogP contribution in [0.2, 0.25) is 0 Å². The highest BCUT2D eigenvalue weighted by Crippen LogP contribution is 2.30. The van der Waals surface area contributed by atoms with Gasteiger partial charge in [0.2, 0.25) is 0 Å². The number of methoxy groups -OCH3 is 2. The van der Waals surface area contributed by atoms with Gasteiger partial charge in [-0.25, -0.2) is 0 Å². The Kier molecular flexibility index (Phi) is 4.15. The van der Waals surface area contributed by atoms with Crippen molar-refractivity contribution < 1.29 is 9.47 Å². The molecule has 116 valence electrons. The highest BCUT2D eigenvalue weighted by Gasteiger charge is 2.11. The van der Waals surface area contributed by atoms with Crippen molar-refractivity contribution in [2.24, 2.45) is 0 Å². The predicted molar refractivity (Wildman–Crippen MR) is 91.0 cm³/mol. The van der Waals surface area contributed by atoms with Crippen LogP contribution in [0.25, 0.3) is 22.3 Å². The molecule has 1 heterocycles. The number of hydrogen-bond acceptors (Lipinski definition) is 3. The molecule has 0 spiro atoms. The Bertz CT molecular complexity index is 849. The quantitative estimate of drug-likeness (QED) is 0.799. The second kappa shape index (κ2) is 6.40. The van der Waals surface area contributed by atoms with Crippen LogP contribution in [0.4, 0.5) is 0 Å². The molecule has 3 aromatic rings. The Morgan fingerprint density at radius 3 is 1.78 bits per heavy atom. The van der Waals surface area contributed by atoms with Gasteiger partial charge in [0.15, 0.2) is 0 Å². The van der Waals surface area contributed by atoms with Crippen LogP contribution < -0.4 is 15.0 Å². The minimum Gasteiger partial charge on any atom is -0.497 e. The number of benzene rings is 2. The number of pyridine rings is 1. The third-order valence-electron chi connectivity index (χ3n) is 3.74. The molecule has 0 fully saturated rings. The Labute approximate surface area is 134 Å². The van der Waals surface area contributed by atoms with Crippen LogP contribution in [0.15, 0.2) is 65.6 Å². The number of rotatable bonds is 4. The first-order valence-corrected chi connectivity index (χ1v) is 7.23. The minimum absolute atomic E-state index is 0.122. The van der Waals surface area contributed by atoms with Crippen molar-refractivity contribution in [1.82, 2.24) is 4.98 Å². The summed E-state index contributed by atoms with van der Waals surface area (Å²) >= 11 is 0. The van der Waals surface area contributed by atoms with Gasteiger partial charge in [0.25, 0.3) is 5.56 Å². The maximum absolute atomic E-state index is 12.4. The third kappa shape index (κ3) is 2.97. The Morgan fingerprint density at radius 2 is 1.26 bits per heavy atom. The van der Waals surface area contributed by atoms with Gasteiger partial charge in [0.05, 0.1) is 19.8 Å². The fourth-order valence-electron chi connectivity index (χ4n) is 2.53. The molecule has 0 aliphatic heterocycles. The van der Waals surface area contributed by atoms with Gasteiger partial charge in [0.1, 0.15) is 11.5 Å². The number of hydrogen-bond donors (Lipinski definition) is 1. The molecule has 0 aliphatic rings. The normalized spacial score (nSPS) is 10.3. The van der Waals surface area contributed by atoms with E-state index in [4.69, 9.17) is 9.47 Å². The Morgan fingerprint density at radius 1 is 0.739 bits per heavy atom. The van der Waals surface area contributed by atoms with E-state index in [1.54, 1.807) is 20.4 Å². The predicted octanol–water partition coefficient (Wildman–Crippen LogP) is 3.73. The van der Waals surface area contributed by atoms with E-state index in [-0.39, 0.29) is 5.56 Å². The van der Waals surface area contributed by atoms with Crippen molar-refractivity contribution in [2.45, 2.75) is 0 Å². The largest absolute Gasteiger partial charge is 0.497 e.